The van der Waals surface area contributed by atoms with Gasteiger partial charge in [0.15, 0.2) is 12.3 Å². The first-order chi connectivity index (χ1) is 6.06. The molecule has 2 atom stereocenters. The van der Waals surface area contributed by atoms with E-state index in [1.165, 1.54) is 11.8 Å². The van der Waals surface area contributed by atoms with Gasteiger partial charge in [-0.15, -0.1) is 0 Å². The summed E-state index contributed by atoms with van der Waals surface area (Å²) < 4.78 is 4.77. The number of ether oxygens (including phenoxy) is 1. The summed E-state index contributed by atoms with van der Waals surface area (Å²) in [5.74, 6) is -0.656. The molecular formula is C8H13NO4. The van der Waals surface area contributed by atoms with Gasteiger partial charge in [-0.05, 0) is 6.92 Å². The van der Waals surface area contributed by atoms with Crippen molar-refractivity contribution in [3.8, 4) is 0 Å². The molecule has 0 bridgehead atoms. The molecule has 1 aliphatic rings. The maximum atomic E-state index is 11.2. The molecule has 2 unspecified atom stereocenters. The molecule has 0 aliphatic carbocycles. The fourth-order valence-corrected chi connectivity index (χ4v) is 1.42. The lowest BCUT2D eigenvalue weighted by atomic mass is 10.3. The zero-order chi connectivity index (χ0) is 10.0. The van der Waals surface area contributed by atoms with Crippen molar-refractivity contribution in [2.75, 3.05) is 6.54 Å². The highest BCUT2D eigenvalue weighted by Crippen LogP contribution is 2.19. The van der Waals surface area contributed by atoms with Gasteiger partial charge in [-0.1, -0.05) is 0 Å². The minimum atomic E-state index is -0.985. The molecule has 0 aromatic rings. The Bertz CT molecular complexity index is 228. The molecule has 74 valence electrons. The minimum absolute atomic E-state index is 0.0780. The van der Waals surface area contributed by atoms with E-state index in [1.54, 1.807) is 6.92 Å². The highest BCUT2D eigenvalue weighted by atomic mass is 16.6. The molecule has 1 N–H and O–H groups in total. The Morgan fingerprint density at radius 2 is 2.38 bits per heavy atom. The number of esters is 1. The summed E-state index contributed by atoms with van der Waals surface area (Å²) in [5, 5.41) is 9.50. The second-order valence-electron chi connectivity index (χ2n) is 2.95. The number of nitrogens with zero attached hydrogens (tertiary/aromatic N) is 1. The van der Waals surface area contributed by atoms with E-state index in [0.29, 0.717) is 6.54 Å². The topological polar surface area (TPSA) is 66.8 Å². The van der Waals surface area contributed by atoms with Crippen LogP contribution < -0.4 is 0 Å². The fourth-order valence-electron chi connectivity index (χ4n) is 1.42. The molecule has 13 heavy (non-hydrogen) atoms. The largest absolute Gasteiger partial charge is 0.457 e. The van der Waals surface area contributed by atoms with Gasteiger partial charge in [0, 0.05) is 13.5 Å². The maximum absolute atomic E-state index is 11.2. The van der Waals surface area contributed by atoms with Gasteiger partial charge in [-0.3, -0.25) is 9.59 Å². The molecule has 1 fully saturated rings. The van der Waals surface area contributed by atoms with Crippen LogP contribution in [0.2, 0.25) is 0 Å². The van der Waals surface area contributed by atoms with Crippen molar-refractivity contribution in [2.24, 2.45) is 0 Å². The van der Waals surface area contributed by atoms with Gasteiger partial charge in [-0.2, -0.15) is 0 Å². The van der Waals surface area contributed by atoms with E-state index in [-0.39, 0.29) is 12.3 Å². The molecule has 1 amide bonds. The molecule has 0 saturated carbocycles. The van der Waals surface area contributed by atoms with Crippen LogP contribution >= 0.6 is 0 Å². The smallest absolute Gasteiger partial charge is 0.303 e. The van der Waals surface area contributed by atoms with Crippen LogP contribution in [0.1, 0.15) is 20.3 Å². The standard InChI is InChI=1S/C8H13NO4/c1-3-9-7(11)4-6(8(9)12)13-5(2)10/h6,8,12H,3-4H2,1-2H3. The van der Waals surface area contributed by atoms with Crippen LogP contribution in [0.25, 0.3) is 0 Å². The van der Waals surface area contributed by atoms with Crippen molar-refractivity contribution in [3.63, 3.8) is 0 Å². The van der Waals surface area contributed by atoms with Gasteiger partial charge in [0.25, 0.3) is 0 Å². The highest BCUT2D eigenvalue weighted by molar-refractivity contribution is 5.80. The Balaban J connectivity index is 2.61. The molecule has 0 aromatic heterocycles. The molecule has 1 saturated heterocycles. The Hall–Kier alpha value is -1.10. The zero-order valence-electron chi connectivity index (χ0n) is 7.69. The molecule has 0 spiro atoms. The normalized spacial score (nSPS) is 27.9. The molecular weight excluding hydrogens is 174 g/mol. The third-order valence-electron chi connectivity index (χ3n) is 2.01. The quantitative estimate of drug-likeness (QED) is 0.591. The van der Waals surface area contributed by atoms with Crippen LogP contribution in [0, 0.1) is 0 Å². The third-order valence-corrected chi connectivity index (χ3v) is 2.01. The summed E-state index contributed by atoms with van der Waals surface area (Å²) in [6, 6.07) is 0. The number of hydrogen-bond acceptors (Lipinski definition) is 4. The molecule has 5 heteroatoms. The number of aliphatic hydroxyl groups is 1. The van der Waals surface area contributed by atoms with Gasteiger partial charge in [0.05, 0.1) is 6.42 Å². The number of rotatable bonds is 2. The van der Waals surface area contributed by atoms with E-state index in [2.05, 4.69) is 0 Å². The van der Waals surface area contributed by atoms with E-state index in [1.807, 2.05) is 0 Å². The molecule has 1 aliphatic heterocycles. The van der Waals surface area contributed by atoms with Crippen molar-refractivity contribution in [1.29, 1.82) is 0 Å². The van der Waals surface area contributed by atoms with Crippen molar-refractivity contribution in [1.82, 2.24) is 4.90 Å². The SMILES string of the molecule is CCN1C(=O)CC(OC(C)=O)C1O. The van der Waals surface area contributed by atoms with Crippen molar-refractivity contribution >= 4 is 11.9 Å². The minimum Gasteiger partial charge on any atom is -0.457 e. The van der Waals surface area contributed by atoms with Crippen molar-refractivity contribution in [3.05, 3.63) is 0 Å². The highest BCUT2D eigenvalue weighted by Gasteiger charge is 2.39. The first kappa shape index (κ1) is 9.98. The average Bonchev–Trinajstić information content (AvgIpc) is 2.26. The Kier molecular flexibility index (Phi) is 2.87. The zero-order valence-corrected chi connectivity index (χ0v) is 7.69. The molecule has 1 heterocycles. The second-order valence-corrected chi connectivity index (χ2v) is 2.95. The summed E-state index contributed by atoms with van der Waals surface area (Å²) in [4.78, 5) is 23.1. The number of carbonyl (C=O) groups excluding carboxylic acids is 2. The van der Waals surface area contributed by atoms with E-state index in [0.717, 1.165) is 0 Å². The molecule has 0 radical (unpaired) electrons. The lowest BCUT2D eigenvalue weighted by Gasteiger charge is -2.21. The summed E-state index contributed by atoms with van der Waals surface area (Å²) in [5.41, 5.74) is 0. The van der Waals surface area contributed by atoms with Gasteiger partial charge in [-0.25, -0.2) is 0 Å². The number of amides is 1. The monoisotopic (exact) mass is 187 g/mol. The van der Waals surface area contributed by atoms with Gasteiger partial charge in [0.2, 0.25) is 5.91 Å². The van der Waals surface area contributed by atoms with Crippen LogP contribution in [-0.2, 0) is 14.3 Å². The van der Waals surface area contributed by atoms with Crippen LogP contribution in [-0.4, -0.2) is 40.8 Å². The van der Waals surface area contributed by atoms with Gasteiger partial charge in [0.1, 0.15) is 0 Å². The average molecular weight is 187 g/mol. The number of likely N-dealkylation sites (N-methyl/N-ethyl adjacent to an activating group) is 1. The second kappa shape index (κ2) is 3.74. The van der Waals surface area contributed by atoms with Crippen LogP contribution in [0.3, 0.4) is 0 Å². The third kappa shape index (κ3) is 1.98. The van der Waals surface area contributed by atoms with E-state index < -0.39 is 18.3 Å². The number of carbonyl (C=O) groups is 2. The van der Waals surface area contributed by atoms with Gasteiger partial charge < -0.3 is 14.7 Å². The van der Waals surface area contributed by atoms with E-state index in [9.17, 15) is 14.7 Å². The van der Waals surface area contributed by atoms with Gasteiger partial charge >= 0.3 is 5.97 Å². The lowest BCUT2D eigenvalue weighted by Crippen LogP contribution is -2.37. The van der Waals surface area contributed by atoms with Crippen LogP contribution in [0.5, 0.6) is 0 Å². The predicted octanol–water partition coefficient (Wildman–Crippen LogP) is -0.511. The Morgan fingerprint density at radius 1 is 1.77 bits per heavy atom. The maximum Gasteiger partial charge on any atom is 0.303 e. The Morgan fingerprint density at radius 3 is 2.77 bits per heavy atom. The Labute approximate surface area is 76.3 Å². The number of likely N-dealkylation sites (tertiary alicyclic amines) is 1. The molecule has 5 nitrogen and oxygen atoms in total. The summed E-state index contributed by atoms with van der Waals surface area (Å²) in [6.45, 7) is 3.45. The first-order valence-corrected chi connectivity index (χ1v) is 4.21. The van der Waals surface area contributed by atoms with Crippen molar-refractivity contribution in [2.45, 2.75) is 32.6 Å². The van der Waals surface area contributed by atoms with E-state index in [4.69, 9.17) is 4.74 Å². The molecule has 1 rings (SSSR count). The van der Waals surface area contributed by atoms with Crippen LogP contribution in [0.15, 0.2) is 0 Å². The lowest BCUT2D eigenvalue weighted by molar-refractivity contribution is -0.155. The predicted molar refractivity (Wildman–Crippen MR) is 43.6 cm³/mol. The van der Waals surface area contributed by atoms with Crippen LogP contribution in [0.4, 0.5) is 0 Å². The summed E-state index contributed by atoms with van der Waals surface area (Å²) in [7, 11) is 0. The molecule has 0 aromatic carbocycles. The summed E-state index contributed by atoms with van der Waals surface area (Å²) in [6.07, 6.45) is -1.61. The number of aliphatic hydroxyl groups excluding tert-OH is 1. The van der Waals surface area contributed by atoms with E-state index >= 15 is 0 Å². The van der Waals surface area contributed by atoms with Crippen molar-refractivity contribution < 1.29 is 19.4 Å². The summed E-state index contributed by atoms with van der Waals surface area (Å²) >= 11 is 0. The number of hydrogen-bond donors (Lipinski definition) is 1. The first-order valence-electron chi connectivity index (χ1n) is 4.21. The fraction of sp³-hybridized carbons (Fsp3) is 0.750.